The molecule has 1 atom stereocenters. The minimum Gasteiger partial charge on any atom is -0.444 e. The lowest BCUT2D eigenvalue weighted by atomic mass is 10.2. The highest BCUT2D eigenvalue weighted by molar-refractivity contribution is 5.68. The van der Waals surface area contributed by atoms with Crippen molar-refractivity contribution in [2.75, 3.05) is 26.2 Å². The standard InChI is InChI=1S/C14H28N2O3/c1-14(2,3)19-13(18)15-12-7-9-16(11-12)8-5-4-6-10-17/h12,17H,4-11H2,1-3H3,(H,15,18). The SMILES string of the molecule is CC(C)(C)OC(=O)NC1CCN(CCCCCO)C1. The number of rotatable bonds is 6. The van der Waals surface area contributed by atoms with Crippen molar-refractivity contribution in [3.05, 3.63) is 0 Å². The summed E-state index contributed by atoms with van der Waals surface area (Å²) in [6, 6.07) is 0.202. The molecule has 1 heterocycles. The Balaban J connectivity index is 2.16. The van der Waals surface area contributed by atoms with Crippen LogP contribution in [-0.2, 0) is 4.74 Å². The fourth-order valence-corrected chi connectivity index (χ4v) is 2.25. The van der Waals surface area contributed by atoms with Gasteiger partial charge >= 0.3 is 6.09 Å². The Morgan fingerprint density at radius 3 is 2.74 bits per heavy atom. The molecule has 0 aromatic heterocycles. The second-order valence-electron chi connectivity index (χ2n) is 6.22. The summed E-state index contributed by atoms with van der Waals surface area (Å²) in [5.41, 5.74) is -0.438. The number of nitrogens with one attached hydrogen (secondary N) is 1. The molecule has 0 saturated carbocycles. The van der Waals surface area contributed by atoms with E-state index >= 15 is 0 Å². The molecule has 5 nitrogen and oxygen atoms in total. The third-order valence-corrected chi connectivity index (χ3v) is 3.13. The zero-order valence-corrected chi connectivity index (χ0v) is 12.4. The van der Waals surface area contributed by atoms with Gasteiger partial charge in [-0.2, -0.15) is 0 Å². The van der Waals surface area contributed by atoms with Crippen molar-refractivity contribution >= 4 is 6.09 Å². The smallest absolute Gasteiger partial charge is 0.407 e. The van der Waals surface area contributed by atoms with Crippen LogP contribution in [0.5, 0.6) is 0 Å². The summed E-state index contributed by atoms with van der Waals surface area (Å²) in [4.78, 5) is 14.0. The van der Waals surface area contributed by atoms with Crippen LogP contribution >= 0.6 is 0 Å². The molecule has 1 unspecified atom stereocenters. The average Bonchev–Trinajstić information content (AvgIpc) is 2.69. The maximum atomic E-state index is 11.6. The van der Waals surface area contributed by atoms with E-state index in [1.807, 2.05) is 20.8 Å². The highest BCUT2D eigenvalue weighted by Gasteiger charge is 2.25. The van der Waals surface area contributed by atoms with E-state index in [9.17, 15) is 4.79 Å². The van der Waals surface area contributed by atoms with Crippen molar-refractivity contribution in [2.45, 2.75) is 58.1 Å². The van der Waals surface area contributed by atoms with Crippen LogP contribution in [0.15, 0.2) is 0 Å². The molecule has 2 N–H and O–H groups in total. The number of carbonyl (C=O) groups is 1. The molecule has 0 radical (unpaired) electrons. The van der Waals surface area contributed by atoms with Gasteiger partial charge in [0.25, 0.3) is 0 Å². The Hall–Kier alpha value is -0.810. The molecule has 1 fully saturated rings. The molecule has 5 heteroatoms. The highest BCUT2D eigenvalue weighted by atomic mass is 16.6. The van der Waals surface area contributed by atoms with Gasteiger partial charge in [0.1, 0.15) is 5.60 Å². The highest BCUT2D eigenvalue weighted by Crippen LogP contribution is 2.12. The van der Waals surface area contributed by atoms with Crippen LogP contribution in [0.2, 0.25) is 0 Å². The minimum absolute atomic E-state index is 0.202. The number of hydrogen-bond donors (Lipinski definition) is 2. The average molecular weight is 272 g/mol. The van der Waals surface area contributed by atoms with Gasteiger partial charge in [0.15, 0.2) is 0 Å². The normalized spacial score (nSPS) is 20.5. The topological polar surface area (TPSA) is 61.8 Å². The van der Waals surface area contributed by atoms with E-state index < -0.39 is 5.60 Å². The molecule has 1 aliphatic heterocycles. The lowest BCUT2D eigenvalue weighted by Crippen LogP contribution is -2.40. The fraction of sp³-hybridized carbons (Fsp3) is 0.929. The monoisotopic (exact) mass is 272 g/mol. The lowest BCUT2D eigenvalue weighted by molar-refractivity contribution is 0.0506. The number of unbranched alkanes of at least 4 members (excludes halogenated alkanes) is 2. The lowest BCUT2D eigenvalue weighted by Gasteiger charge is -2.22. The van der Waals surface area contributed by atoms with Gasteiger partial charge in [0.2, 0.25) is 0 Å². The molecule has 1 aliphatic rings. The van der Waals surface area contributed by atoms with Gasteiger partial charge < -0.3 is 20.1 Å². The molecule has 0 aliphatic carbocycles. The van der Waals surface area contributed by atoms with Crippen molar-refractivity contribution in [3.8, 4) is 0 Å². The van der Waals surface area contributed by atoms with Crippen LogP contribution in [-0.4, -0.2) is 54.0 Å². The molecule has 1 amide bonds. The predicted octanol–water partition coefficient (Wildman–Crippen LogP) is 1.75. The summed E-state index contributed by atoms with van der Waals surface area (Å²) in [6.07, 6.45) is 3.73. The third kappa shape index (κ3) is 7.38. The maximum Gasteiger partial charge on any atom is 0.407 e. The van der Waals surface area contributed by atoms with Gasteiger partial charge in [-0.1, -0.05) is 0 Å². The molecule has 112 valence electrons. The quantitative estimate of drug-likeness (QED) is 0.723. The maximum absolute atomic E-state index is 11.6. The van der Waals surface area contributed by atoms with Gasteiger partial charge in [0, 0.05) is 25.7 Å². The van der Waals surface area contributed by atoms with Crippen LogP contribution in [0.1, 0.15) is 46.5 Å². The molecular formula is C14H28N2O3. The number of carbonyl (C=O) groups excluding carboxylic acids is 1. The van der Waals surface area contributed by atoms with Crippen molar-refractivity contribution in [1.29, 1.82) is 0 Å². The Labute approximate surface area is 116 Å². The van der Waals surface area contributed by atoms with E-state index in [0.29, 0.717) is 0 Å². The van der Waals surface area contributed by atoms with E-state index in [1.54, 1.807) is 0 Å². The number of hydrogen-bond acceptors (Lipinski definition) is 4. The summed E-state index contributed by atoms with van der Waals surface area (Å²) in [5.74, 6) is 0. The molecule has 1 rings (SSSR count). The van der Waals surface area contributed by atoms with E-state index in [1.165, 1.54) is 0 Å². The number of aliphatic hydroxyl groups excluding tert-OH is 1. The summed E-state index contributed by atoms with van der Waals surface area (Å²) in [5, 5.41) is 11.6. The number of likely N-dealkylation sites (tertiary alicyclic amines) is 1. The zero-order valence-electron chi connectivity index (χ0n) is 12.4. The van der Waals surface area contributed by atoms with Gasteiger partial charge in [-0.25, -0.2) is 4.79 Å². The number of amides is 1. The molecule has 1 saturated heterocycles. The predicted molar refractivity (Wildman–Crippen MR) is 75.2 cm³/mol. The Morgan fingerprint density at radius 1 is 1.37 bits per heavy atom. The van der Waals surface area contributed by atoms with E-state index in [2.05, 4.69) is 10.2 Å². The zero-order chi connectivity index (χ0) is 14.3. The number of aliphatic hydroxyl groups is 1. The van der Waals surface area contributed by atoms with Crippen molar-refractivity contribution in [3.63, 3.8) is 0 Å². The van der Waals surface area contributed by atoms with Crippen LogP contribution in [0.4, 0.5) is 4.79 Å². The van der Waals surface area contributed by atoms with Gasteiger partial charge in [-0.3, -0.25) is 0 Å². The van der Waals surface area contributed by atoms with E-state index in [-0.39, 0.29) is 18.7 Å². The Morgan fingerprint density at radius 2 is 2.11 bits per heavy atom. The molecule has 19 heavy (non-hydrogen) atoms. The van der Waals surface area contributed by atoms with Crippen LogP contribution in [0, 0.1) is 0 Å². The second-order valence-corrected chi connectivity index (χ2v) is 6.22. The second kappa shape index (κ2) is 7.70. The fourth-order valence-electron chi connectivity index (χ4n) is 2.25. The first-order chi connectivity index (χ1) is 8.90. The summed E-state index contributed by atoms with van der Waals surface area (Å²) < 4.78 is 5.25. The number of ether oxygens (including phenoxy) is 1. The number of nitrogens with zero attached hydrogens (tertiary/aromatic N) is 1. The van der Waals surface area contributed by atoms with Crippen molar-refractivity contribution in [2.24, 2.45) is 0 Å². The third-order valence-electron chi connectivity index (χ3n) is 3.13. The molecule has 0 aromatic carbocycles. The Bertz CT molecular complexity index is 276. The molecule has 0 aromatic rings. The summed E-state index contributed by atoms with van der Waals surface area (Å²) in [7, 11) is 0. The Kier molecular flexibility index (Phi) is 6.58. The summed E-state index contributed by atoms with van der Waals surface area (Å²) in [6.45, 7) is 8.87. The van der Waals surface area contributed by atoms with Crippen LogP contribution in [0.25, 0.3) is 0 Å². The molecular weight excluding hydrogens is 244 g/mol. The van der Waals surface area contributed by atoms with Gasteiger partial charge in [0.05, 0.1) is 0 Å². The molecule has 0 spiro atoms. The number of alkyl carbamates (subject to hydrolysis) is 1. The minimum atomic E-state index is -0.438. The first-order valence-electron chi connectivity index (χ1n) is 7.23. The van der Waals surface area contributed by atoms with Crippen LogP contribution < -0.4 is 5.32 Å². The van der Waals surface area contributed by atoms with Gasteiger partial charge in [-0.05, 0) is 53.0 Å². The summed E-state index contributed by atoms with van der Waals surface area (Å²) >= 11 is 0. The van der Waals surface area contributed by atoms with E-state index in [4.69, 9.17) is 9.84 Å². The largest absolute Gasteiger partial charge is 0.444 e. The molecule has 0 bridgehead atoms. The van der Waals surface area contributed by atoms with E-state index in [0.717, 1.165) is 45.3 Å². The van der Waals surface area contributed by atoms with Crippen molar-refractivity contribution < 1.29 is 14.6 Å². The van der Waals surface area contributed by atoms with Crippen molar-refractivity contribution in [1.82, 2.24) is 10.2 Å². The van der Waals surface area contributed by atoms with Crippen LogP contribution in [0.3, 0.4) is 0 Å². The van der Waals surface area contributed by atoms with Gasteiger partial charge in [-0.15, -0.1) is 0 Å². The first-order valence-corrected chi connectivity index (χ1v) is 7.23. The first kappa shape index (κ1) is 16.2.